The van der Waals surface area contributed by atoms with Gasteiger partial charge in [-0.15, -0.1) is 0 Å². The Bertz CT molecular complexity index is 517. The van der Waals surface area contributed by atoms with Gasteiger partial charge in [-0.1, -0.05) is 101 Å². The third kappa shape index (κ3) is 8.57. The third-order valence-corrected chi connectivity index (χ3v) is 5.39. The number of carbonyl (C=O) groups excluding carboxylic acids is 2. The number of rotatable bonds is 16. The molecule has 1 aliphatic rings. The van der Waals surface area contributed by atoms with Crippen LogP contribution in [0.2, 0.25) is 0 Å². The largest absolute Gasteiger partial charge is 0.488 e. The number of ether oxygens (including phenoxy) is 2. The van der Waals surface area contributed by atoms with Gasteiger partial charge in [-0.05, 0) is 12.8 Å². The zero-order valence-corrected chi connectivity index (χ0v) is 18.8. The molecule has 0 unspecified atom stereocenters. The lowest BCUT2D eigenvalue weighted by atomic mass is 10.1. The minimum atomic E-state index is -0.574. The van der Waals surface area contributed by atoms with Crippen LogP contribution in [-0.4, -0.2) is 24.8 Å². The summed E-state index contributed by atoms with van der Waals surface area (Å²) in [6.45, 7) is 5.03. The molecule has 0 fully saturated rings. The number of hydrogen-bond acceptors (Lipinski definition) is 4. The molecule has 0 radical (unpaired) electrons. The van der Waals surface area contributed by atoms with Crippen LogP contribution < -0.4 is 0 Å². The zero-order valence-electron chi connectivity index (χ0n) is 17.3. The van der Waals surface area contributed by atoms with Crippen molar-refractivity contribution in [3.05, 3.63) is 21.6 Å². The minimum absolute atomic E-state index is 0.155. The Balaban J connectivity index is 2.43. The van der Waals surface area contributed by atoms with Crippen LogP contribution in [0.3, 0.4) is 0 Å². The van der Waals surface area contributed by atoms with Gasteiger partial charge < -0.3 is 9.47 Å². The van der Waals surface area contributed by atoms with E-state index in [9.17, 15) is 9.59 Å². The highest BCUT2D eigenvalue weighted by molar-refractivity contribution is 6.55. The Morgan fingerprint density at radius 2 is 0.893 bits per heavy atom. The van der Waals surface area contributed by atoms with Crippen LogP contribution in [-0.2, 0) is 19.1 Å². The highest BCUT2D eigenvalue weighted by Crippen LogP contribution is 2.31. The molecular weight excluding hydrogens is 399 g/mol. The highest BCUT2D eigenvalue weighted by Gasteiger charge is 2.36. The van der Waals surface area contributed by atoms with Crippen molar-refractivity contribution < 1.29 is 19.1 Å². The van der Waals surface area contributed by atoms with Gasteiger partial charge in [0.1, 0.15) is 10.1 Å². The fourth-order valence-electron chi connectivity index (χ4n) is 2.98. The summed E-state index contributed by atoms with van der Waals surface area (Å²) < 4.78 is 11.0. The van der Waals surface area contributed by atoms with E-state index >= 15 is 0 Å². The van der Waals surface area contributed by atoms with Crippen molar-refractivity contribution in [1.82, 2.24) is 0 Å². The van der Waals surface area contributed by atoms with Gasteiger partial charge in [0.15, 0.2) is 11.5 Å². The standard InChI is InChI=1S/C22H34Cl2O4/c1-3-5-7-9-11-13-15-27-21-17(23)20(26)22(18(24)19(21)25)28-16-14-12-10-8-6-4-2/h3-16H2,1-2H3. The topological polar surface area (TPSA) is 52.6 Å². The van der Waals surface area contributed by atoms with Crippen LogP contribution >= 0.6 is 23.2 Å². The molecular formula is C22H34Cl2O4. The van der Waals surface area contributed by atoms with E-state index in [0.29, 0.717) is 13.2 Å². The molecule has 0 N–H and O–H groups in total. The van der Waals surface area contributed by atoms with Crippen LogP contribution in [0.5, 0.6) is 0 Å². The number of allylic oxidation sites excluding steroid dienone is 2. The van der Waals surface area contributed by atoms with E-state index in [1.807, 2.05) is 0 Å². The molecule has 0 aromatic heterocycles. The maximum absolute atomic E-state index is 12.4. The summed E-state index contributed by atoms with van der Waals surface area (Å²) in [5, 5.41) is -0.475. The Morgan fingerprint density at radius 3 is 1.25 bits per heavy atom. The van der Waals surface area contributed by atoms with Crippen LogP contribution in [0.1, 0.15) is 90.9 Å². The first kappa shape index (κ1) is 25.0. The molecule has 0 saturated carbocycles. The van der Waals surface area contributed by atoms with E-state index in [0.717, 1.165) is 38.5 Å². The first-order valence-corrected chi connectivity index (χ1v) is 11.4. The van der Waals surface area contributed by atoms with Crippen molar-refractivity contribution in [1.29, 1.82) is 0 Å². The molecule has 6 heteroatoms. The van der Waals surface area contributed by atoms with Crippen molar-refractivity contribution in [3.8, 4) is 0 Å². The Morgan fingerprint density at radius 1 is 0.571 bits per heavy atom. The van der Waals surface area contributed by atoms with Crippen LogP contribution in [0.15, 0.2) is 21.6 Å². The predicted octanol–water partition coefficient (Wildman–Crippen LogP) is 6.79. The van der Waals surface area contributed by atoms with E-state index in [4.69, 9.17) is 32.7 Å². The predicted molar refractivity (Wildman–Crippen MR) is 114 cm³/mol. The number of Topliss-reactive ketones (excluding diaryl/α,β-unsaturated/α-hetero) is 2. The highest BCUT2D eigenvalue weighted by atomic mass is 35.5. The average Bonchev–Trinajstić information content (AvgIpc) is 2.69. The third-order valence-electron chi connectivity index (χ3n) is 4.70. The van der Waals surface area contributed by atoms with E-state index in [1.54, 1.807) is 0 Å². The molecule has 0 amide bonds. The van der Waals surface area contributed by atoms with Gasteiger partial charge in [0.05, 0.1) is 13.2 Å². The molecule has 160 valence electrons. The number of unbranched alkanes of at least 4 members (excludes halogenated alkanes) is 10. The smallest absolute Gasteiger partial charge is 0.244 e. The van der Waals surface area contributed by atoms with E-state index in [2.05, 4.69) is 13.8 Å². The van der Waals surface area contributed by atoms with Gasteiger partial charge in [0.2, 0.25) is 11.6 Å². The van der Waals surface area contributed by atoms with Gasteiger partial charge in [-0.2, -0.15) is 0 Å². The second-order valence-electron chi connectivity index (χ2n) is 7.18. The monoisotopic (exact) mass is 432 g/mol. The van der Waals surface area contributed by atoms with Gasteiger partial charge in [0, 0.05) is 0 Å². The Hall–Kier alpha value is -1.00. The van der Waals surface area contributed by atoms with Crippen LogP contribution in [0, 0.1) is 0 Å². The molecule has 0 aromatic carbocycles. The number of carbonyl (C=O) groups is 2. The summed E-state index contributed by atoms with van der Waals surface area (Å²) in [5.74, 6) is -1.46. The van der Waals surface area contributed by atoms with E-state index < -0.39 is 11.6 Å². The van der Waals surface area contributed by atoms with Crippen molar-refractivity contribution in [2.75, 3.05) is 13.2 Å². The lowest BCUT2D eigenvalue weighted by Crippen LogP contribution is -2.23. The number of hydrogen-bond donors (Lipinski definition) is 0. The summed E-state index contributed by atoms with van der Waals surface area (Å²) >= 11 is 12.2. The van der Waals surface area contributed by atoms with Crippen LogP contribution in [0.25, 0.3) is 0 Å². The molecule has 0 spiro atoms. The summed E-state index contributed by atoms with van der Waals surface area (Å²) in [7, 11) is 0. The molecule has 0 saturated heterocycles. The van der Waals surface area contributed by atoms with Gasteiger partial charge in [0.25, 0.3) is 0 Å². The van der Waals surface area contributed by atoms with Gasteiger partial charge in [-0.25, -0.2) is 0 Å². The van der Waals surface area contributed by atoms with Crippen molar-refractivity contribution in [2.24, 2.45) is 0 Å². The van der Waals surface area contributed by atoms with Gasteiger partial charge >= 0.3 is 0 Å². The molecule has 0 atom stereocenters. The first-order chi connectivity index (χ1) is 13.5. The minimum Gasteiger partial charge on any atom is -0.488 e. The summed E-state index contributed by atoms with van der Waals surface area (Å²) in [4.78, 5) is 24.8. The molecule has 0 bridgehead atoms. The SMILES string of the molecule is CCCCCCCCOC1=C(Cl)C(=O)C(OCCCCCCCC)=C(Cl)C1=O. The maximum Gasteiger partial charge on any atom is 0.244 e. The second-order valence-corrected chi connectivity index (χ2v) is 7.93. The first-order valence-electron chi connectivity index (χ1n) is 10.7. The normalized spacial score (nSPS) is 14.9. The lowest BCUT2D eigenvalue weighted by Gasteiger charge is -2.18. The Kier molecular flexibility index (Phi) is 13.3. The molecule has 0 heterocycles. The van der Waals surface area contributed by atoms with E-state index in [1.165, 1.54) is 38.5 Å². The van der Waals surface area contributed by atoms with Crippen molar-refractivity contribution in [2.45, 2.75) is 90.9 Å². The quantitative estimate of drug-likeness (QED) is 0.199. The molecule has 0 aromatic rings. The molecule has 1 aliphatic carbocycles. The summed E-state index contributed by atoms with van der Waals surface area (Å²) in [5.41, 5.74) is 0. The van der Waals surface area contributed by atoms with Crippen molar-refractivity contribution in [3.63, 3.8) is 0 Å². The Labute approximate surface area is 179 Å². The fourth-order valence-corrected chi connectivity index (χ4v) is 3.43. The molecule has 1 rings (SSSR count). The van der Waals surface area contributed by atoms with E-state index in [-0.39, 0.29) is 21.6 Å². The van der Waals surface area contributed by atoms with Crippen LogP contribution in [0.4, 0.5) is 0 Å². The molecule has 4 nitrogen and oxygen atoms in total. The van der Waals surface area contributed by atoms with Crippen molar-refractivity contribution >= 4 is 34.8 Å². The lowest BCUT2D eigenvalue weighted by molar-refractivity contribution is -0.120. The molecule has 28 heavy (non-hydrogen) atoms. The number of halogens is 2. The average molecular weight is 433 g/mol. The summed E-state index contributed by atoms with van der Waals surface area (Å²) in [6, 6.07) is 0. The van der Waals surface area contributed by atoms with Gasteiger partial charge in [-0.3, -0.25) is 9.59 Å². The molecule has 0 aliphatic heterocycles. The number of ketones is 2. The zero-order chi connectivity index (χ0) is 20.8. The summed E-state index contributed by atoms with van der Waals surface area (Å²) in [6.07, 6.45) is 13.2. The second kappa shape index (κ2) is 14.9. The fraction of sp³-hybridized carbons (Fsp3) is 0.727. The maximum atomic E-state index is 12.4.